The number of benzene rings is 2. The number of hydrogen-bond donors (Lipinski definition) is 0. The average Bonchev–Trinajstić information content (AvgIpc) is 2.48. The third-order valence-corrected chi connectivity index (χ3v) is 3.78. The lowest BCUT2D eigenvalue weighted by atomic mass is 9.87. The van der Waals surface area contributed by atoms with E-state index in [0.29, 0.717) is 5.92 Å². The molecular weight excluding hydrogens is 256 g/mol. The van der Waals surface area contributed by atoms with Crippen molar-refractivity contribution in [2.45, 2.75) is 39.5 Å². The first kappa shape index (κ1) is 15.5. The van der Waals surface area contributed by atoms with E-state index < -0.39 is 0 Å². The summed E-state index contributed by atoms with van der Waals surface area (Å²) in [6.07, 6.45) is 1.85. The van der Waals surface area contributed by atoms with Crippen molar-refractivity contribution in [1.82, 2.24) is 0 Å². The molecule has 0 radical (unpaired) electrons. The highest BCUT2D eigenvalue weighted by atomic mass is 16.1. The van der Waals surface area contributed by atoms with Crippen LogP contribution in [-0.4, -0.2) is 5.78 Å². The Kier molecular flexibility index (Phi) is 5.32. The highest BCUT2D eigenvalue weighted by Crippen LogP contribution is 2.24. The number of rotatable bonds is 6. The van der Waals surface area contributed by atoms with Crippen molar-refractivity contribution < 1.29 is 4.79 Å². The van der Waals surface area contributed by atoms with Gasteiger partial charge in [0, 0.05) is 11.5 Å². The minimum atomic E-state index is -0.0412. The normalized spacial score (nSPS) is 12.4. The summed E-state index contributed by atoms with van der Waals surface area (Å²) in [6.45, 7) is 6.48. The Morgan fingerprint density at radius 2 is 1.71 bits per heavy atom. The smallest absolute Gasteiger partial charge is 0.170 e. The molecule has 21 heavy (non-hydrogen) atoms. The van der Waals surface area contributed by atoms with Gasteiger partial charge in [0.2, 0.25) is 0 Å². The number of ketones is 1. The first-order valence-electron chi connectivity index (χ1n) is 7.80. The van der Waals surface area contributed by atoms with Crippen molar-refractivity contribution >= 4 is 5.78 Å². The highest BCUT2D eigenvalue weighted by molar-refractivity contribution is 6.01. The van der Waals surface area contributed by atoms with E-state index in [0.717, 1.165) is 24.0 Å². The molecule has 0 N–H and O–H groups in total. The van der Waals surface area contributed by atoms with E-state index in [9.17, 15) is 4.79 Å². The predicted octanol–water partition coefficient (Wildman–Crippen LogP) is 5.26. The van der Waals surface area contributed by atoms with E-state index in [1.165, 1.54) is 5.56 Å². The second-order valence-corrected chi connectivity index (χ2v) is 6.03. The van der Waals surface area contributed by atoms with E-state index in [1.807, 2.05) is 42.5 Å². The maximum absolute atomic E-state index is 12.8. The highest BCUT2D eigenvalue weighted by Gasteiger charge is 2.20. The van der Waals surface area contributed by atoms with Gasteiger partial charge in [0.1, 0.15) is 0 Å². The molecule has 2 aromatic carbocycles. The number of Topliss-reactive ketones (excluding diaryl/α,β-unsaturated/α-hetero) is 1. The Labute approximate surface area is 128 Å². The molecule has 0 saturated heterocycles. The summed E-state index contributed by atoms with van der Waals surface area (Å²) in [5.41, 5.74) is 3.20. The summed E-state index contributed by atoms with van der Waals surface area (Å²) in [6, 6.07) is 18.2. The first-order chi connectivity index (χ1) is 10.1. The summed E-state index contributed by atoms with van der Waals surface area (Å²) in [5, 5.41) is 0. The molecule has 0 fully saturated rings. The molecule has 1 unspecified atom stereocenters. The lowest BCUT2D eigenvalue weighted by molar-refractivity contribution is 0.0957. The van der Waals surface area contributed by atoms with E-state index in [2.05, 4.69) is 32.9 Å². The molecule has 1 atom stereocenters. The van der Waals surface area contributed by atoms with Crippen LogP contribution in [0.5, 0.6) is 0 Å². The molecule has 0 saturated carbocycles. The van der Waals surface area contributed by atoms with Gasteiger partial charge in [-0.1, -0.05) is 69.3 Å². The summed E-state index contributed by atoms with van der Waals surface area (Å²) in [4.78, 5) is 12.8. The van der Waals surface area contributed by atoms with Crippen LogP contribution in [0.2, 0.25) is 0 Å². The van der Waals surface area contributed by atoms with E-state index in [-0.39, 0.29) is 11.7 Å². The summed E-state index contributed by atoms with van der Waals surface area (Å²) in [5.74, 6) is 0.793. The van der Waals surface area contributed by atoms with Crippen LogP contribution in [0, 0.1) is 5.92 Å². The van der Waals surface area contributed by atoms with Crippen molar-refractivity contribution in [2.24, 2.45) is 5.92 Å². The summed E-state index contributed by atoms with van der Waals surface area (Å²) in [7, 11) is 0. The average molecular weight is 280 g/mol. The maximum Gasteiger partial charge on any atom is 0.170 e. The van der Waals surface area contributed by atoms with E-state index in [1.54, 1.807) is 0 Å². The SMILES string of the molecule is CCC(C(=O)c1cccc(CC(C)C)c1)c1ccccc1. The lowest BCUT2D eigenvalue weighted by Crippen LogP contribution is -2.12. The van der Waals surface area contributed by atoms with Crippen LogP contribution in [0.4, 0.5) is 0 Å². The van der Waals surface area contributed by atoms with Crippen LogP contribution in [0.15, 0.2) is 54.6 Å². The molecule has 110 valence electrons. The lowest BCUT2D eigenvalue weighted by Gasteiger charge is -2.15. The zero-order valence-corrected chi connectivity index (χ0v) is 13.2. The van der Waals surface area contributed by atoms with Gasteiger partial charge < -0.3 is 0 Å². The molecule has 2 rings (SSSR count). The van der Waals surface area contributed by atoms with Gasteiger partial charge in [-0.25, -0.2) is 0 Å². The number of hydrogen-bond acceptors (Lipinski definition) is 1. The van der Waals surface area contributed by atoms with Crippen LogP contribution in [0.25, 0.3) is 0 Å². The number of carbonyl (C=O) groups is 1. The fourth-order valence-corrected chi connectivity index (χ4v) is 2.78. The van der Waals surface area contributed by atoms with Crippen LogP contribution < -0.4 is 0 Å². The summed E-state index contributed by atoms with van der Waals surface area (Å²) >= 11 is 0. The molecule has 1 nitrogen and oxygen atoms in total. The van der Waals surface area contributed by atoms with Gasteiger partial charge in [0.15, 0.2) is 5.78 Å². The van der Waals surface area contributed by atoms with Crippen molar-refractivity contribution in [2.75, 3.05) is 0 Å². The Morgan fingerprint density at radius 1 is 1.00 bits per heavy atom. The van der Waals surface area contributed by atoms with Gasteiger partial charge in [-0.15, -0.1) is 0 Å². The number of carbonyl (C=O) groups excluding carboxylic acids is 1. The van der Waals surface area contributed by atoms with Crippen LogP contribution in [0.3, 0.4) is 0 Å². The molecule has 0 heterocycles. The van der Waals surface area contributed by atoms with Gasteiger partial charge in [-0.3, -0.25) is 4.79 Å². The van der Waals surface area contributed by atoms with Gasteiger partial charge >= 0.3 is 0 Å². The Bertz CT molecular complexity index is 584. The Balaban J connectivity index is 2.26. The van der Waals surface area contributed by atoms with Gasteiger partial charge in [0.05, 0.1) is 0 Å². The fourth-order valence-electron chi connectivity index (χ4n) is 2.78. The molecule has 1 heteroatoms. The van der Waals surface area contributed by atoms with E-state index >= 15 is 0 Å². The quantitative estimate of drug-likeness (QED) is 0.659. The van der Waals surface area contributed by atoms with Gasteiger partial charge in [-0.05, 0) is 36.0 Å². The van der Waals surface area contributed by atoms with E-state index in [4.69, 9.17) is 0 Å². The summed E-state index contributed by atoms with van der Waals surface area (Å²) < 4.78 is 0. The molecule has 2 aromatic rings. The zero-order valence-electron chi connectivity index (χ0n) is 13.2. The third-order valence-electron chi connectivity index (χ3n) is 3.78. The Hall–Kier alpha value is -1.89. The predicted molar refractivity (Wildman–Crippen MR) is 88.8 cm³/mol. The second kappa shape index (κ2) is 7.21. The van der Waals surface area contributed by atoms with Crippen molar-refractivity contribution in [3.8, 4) is 0 Å². The maximum atomic E-state index is 12.8. The van der Waals surface area contributed by atoms with Crippen molar-refractivity contribution in [3.05, 3.63) is 71.3 Å². The van der Waals surface area contributed by atoms with Gasteiger partial charge in [0.25, 0.3) is 0 Å². The Morgan fingerprint density at radius 3 is 2.33 bits per heavy atom. The minimum Gasteiger partial charge on any atom is -0.293 e. The standard InChI is InChI=1S/C20H24O/c1-4-19(17-10-6-5-7-11-17)20(21)18-12-8-9-16(14-18)13-15(2)3/h5-12,14-15,19H,4,13H2,1-3H3. The molecule has 0 spiro atoms. The monoisotopic (exact) mass is 280 g/mol. The largest absolute Gasteiger partial charge is 0.293 e. The van der Waals surface area contributed by atoms with Crippen LogP contribution in [-0.2, 0) is 6.42 Å². The van der Waals surface area contributed by atoms with Crippen LogP contribution >= 0.6 is 0 Å². The topological polar surface area (TPSA) is 17.1 Å². The first-order valence-corrected chi connectivity index (χ1v) is 7.80. The third kappa shape index (κ3) is 4.04. The van der Waals surface area contributed by atoms with Crippen molar-refractivity contribution in [3.63, 3.8) is 0 Å². The molecular formula is C20H24O. The minimum absolute atomic E-state index is 0.0412. The van der Waals surface area contributed by atoms with Crippen LogP contribution in [0.1, 0.15) is 54.6 Å². The molecule has 0 amide bonds. The molecule has 0 bridgehead atoms. The molecule has 0 aliphatic rings. The van der Waals surface area contributed by atoms with Gasteiger partial charge in [-0.2, -0.15) is 0 Å². The zero-order chi connectivity index (χ0) is 15.2. The fraction of sp³-hybridized carbons (Fsp3) is 0.350. The molecule has 0 aromatic heterocycles. The second-order valence-electron chi connectivity index (χ2n) is 6.03. The van der Waals surface area contributed by atoms with Crippen molar-refractivity contribution in [1.29, 1.82) is 0 Å². The molecule has 0 aliphatic heterocycles. The molecule has 0 aliphatic carbocycles.